The third-order valence-electron chi connectivity index (χ3n) is 2.36. The highest BCUT2D eigenvalue weighted by Crippen LogP contribution is 2.33. The standard InChI is InChI=1S/C9H15N3/c10-9-5-7-12(11-9)6-1-2-8-3-4-8/h5,7-8H,1-4,6H2,(H2,10,11). The summed E-state index contributed by atoms with van der Waals surface area (Å²) >= 11 is 0. The Hall–Kier alpha value is -0.990. The van der Waals surface area contributed by atoms with Crippen molar-refractivity contribution in [3.05, 3.63) is 12.3 Å². The first kappa shape index (κ1) is 7.65. The highest BCUT2D eigenvalue weighted by atomic mass is 15.3. The third-order valence-corrected chi connectivity index (χ3v) is 2.36. The van der Waals surface area contributed by atoms with E-state index in [1.165, 1.54) is 25.7 Å². The van der Waals surface area contributed by atoms with Crippen LogP contribution in [0.25, 0.3) is 0 Å². The van der Waals surface area contributed by atoms with E-state index in [1.807, 2.05) is 16.9 Å². The molecule has 1 fully saturated rings. The minimum atomic E-state index is 0.626. The van der Waals surface area contributed by atoms with Gasteiger partial charge in [-0.05, 0) is 24.8 Å². The Morgan fingerprint density at radius 3 is 3.00 bits per heavy atom. The number of rotatable bonds is 4. The van der Waals surface area contributed by atoms with Crippen LogP contribution in [0.5, 0.6) is 0 Å². The maximum Gasteiger partial charge on any atom is 0.145 e. The molecule has 0 radical (unpaired) electrons. The maximum absolute atomic E-state index is 5.49. The lowest BCUT2D eigenvalue weighted by Crippen LogP contribution is -1.99. The van der Waals surface area contributed by atoms with E-state index in [-0.39, 0.29) is 0 Å². The van der Waals surface area contributed by atoms with E-state index < -0.39 is 0 Å². The zero-order chi connectivity index (χ0) is 8.39. The van der Waals surface area contributed by atoms with Crippen molar-refractivity contribution >= 4 is 5.82 Å². The number of aromatic nitrogens is 2. The fourth-order valence-electron chi connectivity index (χ4n) is 1.45. The van der Waals surface area contributed by atoms with Gasteiger partial charge in [0.2, 0.25) is 0 Å². The van der Waals surface area contributed by atoms with Crippen LogP contribution in [0.4, 0.5) is 5.82 Å². The molecule has 0 bridgehead atoms. The van der Waals surface area contributed by atoms with E-state index in [9.17, 15) is 0 Å². The van der Waals surface area contributed by atoms with Crippen LogP contribution in [0.1, 0.15) is 25.7 Å². The molecule has 0 unspecified atom stereocenters. The van der Waals surface area contributed by atoms with Gasteiger partial charge < -0.3 is 5.73 Å². The molecule has 0 atom stereocenters. The van der Waals surface area contributed by atoms with Crippen molar-refractivity contribution in [1.29, 1.82) is 0 Å². The molecule has 2 rings (SSSR count). The number of aryl methyl sites for hydroxylation is 1. The summed E-state index contributed by atoms with van der Waals surface area (Å²) in [7, 11) is 0. The fourth-order valence-corrected chi connectivity index (χ4v) is 1.45. The highest BCUT2D eigenvalue weighted by molar-refractivity contribution is 5.23. The Labute approximate surface area is 72.6 Å². The van der Waals surface area contributed by atoms with Crippen molar-refractivity contribution in [2.75, 3.05) is 5.73 Å². The molecule has 1 aromatic heterocycles. The van der Waals surface area contributed by atoms with Gasteiger partial charge >= 0.3 is 0 Å². The molecule has 66 valence electrons. The molecular weight excluding hydrogens is 150 g/mol. The predicted octanol–water partition coefficient (Wildman–Crippen LogP) is 1.66. The quantitative estimate of drug-likeness (QED) is 0.737. The summed E-state index contributed by atoms with van der Waals surface area (Å²) in [6.07, 6.45) is 7.44. The molecule has 3 heteroatoms. The molecule has 1 heterocycles. The Morgan fingerprint density at radius 2 is 2.42 bits per heavy atom. The van der Waals surface area contributed by atoms with Gasteiger partial charge in [0.15, 0.2) is 0 Å². The zero-order valence-corrected chi connectivity index (χ0v) is 7.24. The predicted molar refractivity (Wildman–Crippen MR) is 48.6 cm³/mol. The van der Waals surface area contributed by atoms with Gasteiger partial charge in [0.1, 0.15) is 5.82 Å². The fraction of sp³-hybridized carbons (Fsp3) is 0.667. The van der Waals surface area contributed by atoms with Crippen LogP contribution in [0.3, 0.4) is 0 Å². The van der Waals surface area contributed by atoms with Crippen LogP contribution < -0.4 is 5.73 Å². The molecule has 2 N–H and O–H groups in total. The Balaban J connectivity index is 1.71. The summed E-state index contributed by atoms with van der Waals surface area (Å²) in [6.45, 7) is 1.02. The molecule has 3 nitrogen and oxygen atoms in total. The van der Waals surface area contributed by atoms with Gasteiger partial charge in [0.25, 0.3) is 0 Å². The van der Waals surface area contributed by atoms with Gasteiger partial charge in [-0.1, -0.05) is 12.8 Å². The highest BCUT2D eigenvalue weighted by Gasteiger charge is 2.19. The molecule has 1 saturated carbocycles. The SMILES string of the molecule is Nc1ccn(CCCC2CC2)n1. The minimum Gasteiger partial charge on any atom is -0.382 e. The lowest BCUT2D eigenvalue weighted by atomic mass is 10.2. The smallest absolute Gasteiger partial charge is 0.145 e. The zero-order valence-electron chi connectivity index (χ0n) is 7.24. The second-order valence-corrected chi connectivity index (χ2v) is 3.59. The van der Waals surface area contributed by atoms with E-state index in [0.717, 1.165) is 12.5 Å². The molecule has 0 aliphatic heterocycles. The monoisotopic (exact) mass is 165 g/mol. The summed E-state index contributed by atoms with van der Waals surface area (Å²) in [5.74, 6) is 1.65. The van der Waals surface area contributed by atoms with E-state index in [1.54, 1.807) is 0 Å². The first-order valence-corrected chi connectivity index (χ1v) is 4.63. The molecule has 0 spiro atoms. The first-order chi connectivity index (χ1) is 5.84. The van der Waals surface area contributed by atoms with Crippen molar-refractivity contribution in [2.45, 2.75) is 32.2 Å². The van der Waals surface area contributed by atoms with E-state index >= 15 is 0 Å². The molecule has 1 aliphatic rings. The number of nitrogen functional groups attached to an aromatic ring is 1. The number of hydrogen-bond donors (Lipinski definition) is 1. The van der Waals surface area contributed by atoms with Gasteiger partial charge in [-0.25, -0.2) is 0 Å². The molecule has 0 amide bonds. The van der Waals surface area contributed by atoms with E-state index in [0.29, 0.717) is 5.82 Å². The number of nitrogens with zero attached hydrogens (tertiary/aromatic N) is 2. The molecule has 0 saturated heterocycles. The lowest BCUT2D eigenvalue weighted by molar-refractivity contribution is 0.538. The summed E-state index contributed by atoms with van der Waals surface area (Å²) < 4.78 is 1.93. The molecule has 1 aromatic rings. The molecule has 0 aromatic carbocycles. The third kappa shape index (κ3) is 2.00. The van der Waals surface area contributed by atoms with Crippen molar-refractivity contribution < 1.29 is 0 Å². The Morgan fingerprint density at radius 1 is 1.58 bits per heavy atom. The van der Waals surface area contributed by atoms with Crippen LogP contribution in [0, 0.1) is 5.92 Å². The summed E-state index contributed by atoms with van der Waals surface area (Å²) in [5, 5.41) is 4.12. The normalized spacial score (nSPS) is 16.7. The van der Waals surface area contributed by atoms with Gasteiger partial charge in [-0.3, -0.25) is 4.68 Å². The average molecular weight is 165 g/mol. The van der Waals surface area contributed by atoms with Crippen LogP contribution in [-0.4, -0.2) is 9.78 Å². The lowest BCUT2D eigenvalue weighted by Gasteiger charge is -1.99. The maximum atomic E-state index is 5.49. The van der Waals surface area contributed by atoms with Crippen molar-refractivity contribution in [3.8, 4) is 0 Å². The average Bonchev–Trinajstić information content (AvgIpc) is 2.76. The largest absolute Gasteiger partial charge is 0.382 e. The summed E-state index contributed by atoms with van der Waals surface area (Å²) in [6, 6.07) is 1.84. The molecular formula is C9H15N3. The van der Waals surface area contributed by atoms with Crippen LogP contribution in [0.15, 0.2) is 12.3 Å². The first-order valence-electron chi connectivity index (χ1n) is 4.63. The number of hydrogen-bond acceptors (Lipinski definition) is 2. The van der Waals surface area contributed by atoms with Gasteiger partial charge in [0, 0.05) is 12.7 Å². The summed E-state index contributed by atoms with van der Waals surface area (Å²) in [4.78, 5) is 0. The van der Waals surface area contributed by atoms with E-state index in [2.05, 4.69) is 5.10 Å². The topological polar surface area (TPSA) is 43.8 Å². The number of nitrogens with two attached hydrogens (primary N) is 1. The summed E-state index contributed by atoms with van der Waals surface area (Å²) in [5.41, 5.74) is 5.49. The Bertz CT molecular complexity index is 250. The Kier molecular flexibility index (Phi) is 2.02. The van der Waals surface area contributed by atoms with Crippen molar-refractivity contribution in [2.24, 2.45) is 5.92 Å². The van der Waals surface area contributed by atoms with Crippen LogP contribution in [0.2, 0.25) is 0 Å². The minimum absolute atomic E-state index is 0.626. The number of anilines is 1. The van der Waals surface area contributed by atoms with Crippen molar-refractivity contribution in [3.63, 3.8) is 0 Å². The second kappa shape index (κ2) is 3.17. The van der Waals surface area contributed by atoms with Gasteiger partial charge in [0.05, 0.1) is 0 Å². The van der Waals surface area contributed by atoms with Crippen LogP contribution in [-0.2, 0) is 6.54 Å². The molecule has 1 aliphatic carbocycles. The van der Waals surface area contributed by atoms with E-state index in [4.69, 9.17) is 5.73 Å². The van der Waals surface area contributed by atoms with Gasteiger partial charge in [-0.15, -0.1) is 0 Å². The van der Waals surface area contributed by atoms with Gasteiger partial charge in [-0.2, -0.15) is 5.10 Å². The van der Waals surface area contributed by atoms with Crippen LogP contribution >= 0.6 is 0 Å². The van der Waals surface area contributed by atoms with Crippen molar-refractivity contribution in [1.82, 2.24) is 9.78 Å². The second-order valence-electron chi connectivity index (χ2n) is 3.59. The molecule has 12 heavy (non-hydrogen) atoms.